The second kappa shape index (κ2) is 7.80. The van der Waals surface area contributed by atoms with Crippen molar-refractivity contribution in [1.82, 2.24) is 9.80 Å². The fourth-order valence-electron chi connectivity index (χ4n) is 3.98. The van der Waals surface area contributed by atoms with E-state index in [0.717, 1.165) is 5.56 Å². The predicted molar refractivity (Wildman–Crippen MR) is 101 cm³/mol. The molecule has 2 saturated heterocycles. The summed E-state index contributed by atoms with van der Waals surface area (Å²) in [4.78, 5) is 29.2. The van der Waals surface area contributed by atoms with Gasteiger partial charge >= 0.3 is 0 Å². The van der Waals surface area contributed by atoms with Crippen LogP contribution in [0.3, 0.4) is 0 Å². The van der Waals surface area contributed by atoms with Gasteiger partial charge in [-0.05, 0) is 43.5 Å². The highest BCUT2D eigenvalue weighted by Gasteiger charge is 2.46. The highest BCUT2D eigenvalue weighted by atomic mass is 35.5. The van der Waals surface area contributed by atoms with Gasteiger partial charge in [-0.25, -0.2) is 0 Å². The molecular formula is C20H25ClN2O3. The van der Waals surface area contributed by atoms with E-state index in [9.17, 15) is 9.59 Å². The zero-order valence-corrected chi connectivity index (χ0v) is 15.9. The minimum absolute atomic E-state index is 0.0350. The highest BCUT2D eigenvalue weighted by Crippen LogP contribution is 2.38. The number of ether oxygens (including phenoxy) is 1. The Bertz CT molecular complexity index is 683. The first-order valence-corrected chi connectivity index (χ1v) is 9.42. The fraction of sp³-hybridized carbons (Fsp3) is 0.500. The van der Waals surface area contributed by atoms with E-state index in [2.05, 4.69) is 6.58 Å². The van der Waals surface area contributed by atoms with Crippen LogP contribution in [-0.4, -0.2) is 60.5 Å². The van der Waals surface area contributed by atoms with Crippen molar-refractivity contribution < 1.29 is 14.3 Å². The molecule has 0 aliphatic carbocycles. The van der Waals surface area contributed by atoms with Gasteiger partial charge in [0.1, 0.15) is 0 Å². The van der Waals surface area contributed by atoms with Crippen molar-refractivity contribution in [3.63, 3.8) is 0 Å². The molecule has 0 saturated carbocycles. The largest absolute Gasteiger partial charge is 0.381 e. The van der Waals surface area contributed by atoms with Crippen LogP contribution in [0.4, 0.5) is 0 Å². The van der Waals surface area contributed by atoms with Gasteiger partial charge in [-0.2, -0.15) is 0 Å². The lowest BCUT2D eigenvalue weighted by Crippen LogP contribution is -2.60. The lowest BCUT2D eigenvalue weighted by molar-refractivity contribution is -0.148. The highest BCUT2D eigenvalue weighted by molar-refractivity contribution is 6.30. The summed E-state index contributed by atoms with van der Waals surface area (Å²) >= 11 is 6.04. The monoisotopic (exact) mass is 376 g/mol. The Kier molecular flexibility index (Phi) is 5.68. The van der Waals surface area contributed by atoms with E-state index in [1.165, 1.54) is 6.08 Å². The number of hydrogen-bond donors (Lipinski definition) is 0. The molecule has 0 unspecified atom stereocenters. The molecule has 26 heavy (non-hydrogen) atoms. The van der Waals surface area contributed by atoms with Crippen LogP contribution in [0.2, 0.25) is 5.02 Å². The third kappa shape index (κ3) is 3.51. The van der Waals surface area contributed by atoms with Crippen LogP contribution >= 0.6 is 11.6 Å². The minimum atomic E-state index is -0.582. The number of rotatable bonds is 3. The maximum Gasteiger partial charge on any atom is 0.246 e. The summed E-state index contributed by atoms with van der Waals surface area (Å²) in [6.45, 7) is 8.28. The van der Waals surface area contributed by atoms with Crippen molar-refractivity contribution in [2.24, 2.45) is 0 Å². The van der Waals surface area contributed by atoms with Gasteiger partial charge in [0.05, 0.1) is 5.41 Å². The molecule has 2 aliphatic rings. The molecule has 0 N–H and O–H groups in total. The Hall–Kier alpha value is -1.85. The Balaban J connectivity index is 1.85. The Morgan fingerprint density at radius 1 is 1.23 bits per heavy atom. The van der Waals surface area contributed by atoms with Crippen LogP contribution in [0.1, 0.15) is 25.3 Å². The van der Waals surface area contributed by atoms with Gasteiger partial charge in [-0.15, -0.1) is 0 Å². The first-order chi connectivity index (χ1) is 12.5. The number of benzene rings is 1. The molecule has 2 amide bonds. The number of carbonyl (C=O) groups excluding carboxylic acids is 2. The summed E-state index contributed by atoms with van der Waals surface area (Å²) < 4.78 is 5.54. The van der Waals surface area contributed by atoms with Crippen molar-refractivity contribution in [2.45, 2.75) is 31.2 Å². The number of amides is 2. The molecule has 3 rings (SSSR count). The molecule has 0 aromatic heterocycles. The zero-order chi connectivity index (χ0) is 18.7. The van der Waals surface area contributed by atoms with Crippen molar-refractivity contribution in [3.05, 3.63) is 47.5 Å². The van der Waals surface area contributed by atoms with Crippen molar-refractivity contribution >= 4 is 23.4 Å². The van der Waals surface area contributed by atoms with Crippen molar-refractivity contribution in [2.75, 3.05) is 32.8 Å². The van der Waals surface area contributed by atoms with Crippen LogP contribution in [0.25, 0.3) is 0 Å². The fourth-order valence-corrected chi connectivity index (χ4v) is 4.10. The summed E-state index contributed by atoms with van der Waals surface area (Å²) in [6.07, 6.45) is 2.65. The predicted octanol–water partition coefficient (Wildman–Crippen LogP) is 2.63. The van der Waals surface area contributed by atoms with Crippen LogP contribution in [0.5, 0.6) is 0 Å². The van der Waals surface area contributed by atoms with Crippen LogP contribution in [0.15, 0.2) is 36.9 Å². The molecule has 140 valence electrons. The van der Waals surface area contributed by atoms with Gasteiger partial charge < -0.3 is 14.5 Å². The van der Waals surface area contributed by atoms with Crippen LogP contribution in [-0.2, 0) is 19.7 Å². The van der Waals surface area contributed by atoms with E-state index in [4.69, 9.17) is 16.3 Å². The summed E-state index contributed by atoms with van der Waals surface area (Å²) in [7, 11) is 0. The molecule has 6 heteroatoms. The third-order valence-electron chi connectivity index (χ3n) is 5.53. The molecule has 1 aromatic carbocycles. The number of piperazine rings is 1. The first-order valence-electron chi connectivity index (χ1n) is 9.04. The van der Waals surface area contributed by atoms with Gasteiger partial charge in [-0.1, -0.05) is 30.3 Å². The summed E-state index contributed by atoms with van der Waals surface area (Å²) in [6, 6.07) is 7.55. The number of hydrogen-bond acceptors (Lipinski definition) is 3. The number of carbonyl (C=O) groups is 2. The van der Waals surface area contributed by atoms with Crippen LogP contribution < -0.4 is 0 Å². The maximum absolute atomic E-state index is 13.6. The minimum Gasteiger partial charge on any atom is -0.381 e. The summed E-state index contributed by atoms with van der Waals surface area (Å²) in [5.74, 6) is 0.0451. The number of nitrogens with zero attached hydrogens (tertiary/aromatic N) is 2. The zero-order valence-electron chi connectivity index (χ0n) is 15.1. The lowest BCUT2D eigenvalue weighted by atomic mass is 9.72. The molecule has 1 aromatic rings. The quantitative estimate of drug-likeness (QED) is 0.762. The van der Waals surface area contributed by atoms with E-state index in [1.54, 1.807) is 4.90 Å². The average molecular weight is 377 g/mol. The molecule has 5 nitrogen and oxygen atoms in total. The SMILES string of the molecule is C=CC(=O)N1CCN(C(=O)C2(c3ccc(Cl)cc3)CCOCC2)[C@@H](C)C1. The molecule has 0 radical (unpaired) electrons. The molecule has 2 fully saturated rings. The molecule has 2 heterocycles. The topological polar surface area (TPSA) is 49.9 Å². The normalized spacial score (nSPS) is 22.8. The first kappa shape index (κ1) is 18.9. The second-order valence-electron chi connectivity index (χ2n) is 7.04. The lowest BCUT2D eigenvalue weighted by Gasteiger charge is -2.46. The Morgan fingerprint density at radius 2 is 1.88 bits per heavy atom. The van der Waals surface area contributed by atoms with Crippen molar-refractivity contribution in [1.29, 1.82) is 0 Å². The second-order valence-corrected chi connectivity index (χ2v) is 7.47. The third-order valence-corrected chi connectivity index (χ3v) is 5.78. The molecular weight excluding hydrogens is 352 g/mol. The van der Waals surface area contributed by atoms with Crippen molar-refractivity contribution in [3.8, 4) is 0 Å². The van der Waals surface area contributed by atoms with Gasteiger partial charge in [0.25, 0.3) is 0 Å². The smallest absolute Gasteiger partial charge is 0.246 e. The van der Waals surface area contributed by atoms with Crippen LogP contribution in [0, 0.1) is 0 Å². The molecule has 0 bridgehead atoms. The van der Waals surface area contributed by atoms with E-state index in [-0.39, 0.29) is 17.9 Å². The Morgan fingerprint density at radius 3 is 2.46 bits per heavy atom. The van der Waals surface area contributed by atoms with Gasteiger partial charge in [-0.3, -0.25) is 9.59 Å². The van der Waals surface area contributed by atoms with E-state index >= 15 is 0 Å². The Labute approximate surface area is 159 Å². The van der Waals surface area contributed by atoms with E-state index in [1.807, 2.05) is 36.1 Å². The van der Waals surface area contributed by atoms with E-state index in [0.29, 0.717) is 50.7 Å². The average Bonchev–Trinajstić information content (AvgIpc) is 2.67. The summed E-state index contributed by atoms with van der Waals surface area (Å²) in [5, 5.41) is 0.660. The van der Waals surface area contributed by atoms with Gasteiger partial charge in [0, 0.05) is 43.9 Å². The number of halogens is 1. The maximum atomic E-state index is 13.6. The van der Waals surface area contributed by atoms with Gasteiger partial charge in [0.15, 0.2) is 0 Å². The van der Waals surface area contributed by atoms with E-state index < -0.39 is 5.41 Å². The molecule has 2 aliphatic heterocycles. The molecule has 1 atom stereocenters. The molecule has 0 spiro atoms. The standard InChI is InChI=1S/C20H25ClN2O3/c1-3-18(24)22-10-11-23(15(2)14-22)19(25)20(8-12-26-13-9-20)16-4-6-17(21)7-5-16/h3-7,15H,1,8-14H2,2H3/t15-/m0/s1. The summed E-state index contributed by atoms with van der Waals surface area (Å²) in [5.41, 5.74) is 0.411. The van der Waals surface area contributed by atoms with Gasteiger partial charge in [0.2, 0.25) is 11.8 Å².